The van der Waals surface area contributed by atoms with Crippen molar-refractivity contribution in [3.63, 3.8) is 0 Å². The van der Waals surface area contributed by atoms with Crippen LogP contribution in [0.1, 0.15) is 18.4 Å². The highest BCUT2D eigenvalue weighted by Crippen LogP contribution is 2.12. The van der Waals surface area contributed by atoms with Crippen molar-refractivity contribution in [1.82, 2.24) is 9.80 Å². The SMILES string of the molecule is CS(=O)(=O)CCN(CCN1CCCC1)Cc1ccc(Cl)cc1. The highest BCUT2D eigenvalue weighted by Gasteiger charge is 2.15. The van der Waals surface area contributed by atoms with E-state index in [0.29, 0.717) is 6.54 Å². The topological polar surface area (TPSA) is 40.6 Å². The van der Waals surface area contributed by atoms with Crippen molar-refractivity contribution >= 4 is 21.4 Å². The van der Waals surface area contributed by atoms with Crippen molar-refractivity contribution < 1.29 is 8.42 Å². The number of halogens is 1. The van der Waals surface area contributed by atoms with Crippen LogP contribution < -0.4 is 0 Å². The highest BCUT2D eigenvalue weighted by atomic mass is 35.5. The van der Waals surface area contributed by atoms with E-state index in [0.717, 1.165) is 24.7 Å². The first-order valence-corrected chi connectivity index (χ1v) is 10.2. The first-order chi connectivity index (χ1) is 10.4. The molecule has 1 aliphatic rings. The van der Waals surface area contributed by atoms with E-state index in [1.165, 1.54) is 37.8 Å². The fourth-order valence-corrected chi connectivity index (χ4v) is 3.42. The lowest BCUT2D eigenvalue weighted by Gasteiger charge is -2.25. The molecule has 1 aromatic carbocycles. The van der Waals surface area contributed by atoms with Crippen LogP contribution in [0.4, 0.5) is 0 Å². The quantitative estimate of drug-likeness (QED) is 0.725. The normalized spacial score (nSPS) is 16.5. The van der Waals surface area contributed by atoms with Crippen LogP contribution in [0.5, 0.6) is 0 Å². The van der Waals surface area contributed by atoms with Gasteiger partial charge in [-0.25, -0.2) is 8.42 Å². The van der Waals surface area contributed by atoms with E-state index in [2.05, 4.69) is 9.80 Å². The molecule has 1 aromatic rings. The second-order valence-corrected chi connectivity index (χ2v) is 8.78. The van der Waals surface area contributed by atoms with E-state index >= 15 is 0 Å². The van der Waals surface area contributed by atoms with E-state index in [-0.39, 0.29) is 5.75 Å². The number of rotatable bonds is 8. The second kappa shape index (κ2) is 8.29. The molecule has 6 heteroatoms. The van der Waals surface area contributed by atoms with Crippen LogP contribution in [0, 0.1) is 0 Å². The third-order valence-corrected chi connectivity index (χ3v) is 5.21. The van der Waals surface area contributed by atoms with Crippen LogP contribution in [-0.2, 0) is 16.4 Å². The number of likely N-dealkylation sites (tertiary alicyclic amines) is 1. The summed E-state index contributed by atoms with van der Waals surface area (Å²) in [5, 5.41) is 0.725. The molecule has 22 heavy (non-hydrogen) atoms. The van der Waals surface area contributed by atoms with Crippen molar-refractivity contribution in [2.45, 2.75) is 19.4 Å². The Kier molecular flexibility index (Phi) is 6.68. The summed E-state index contributed by atoms with van der Waals surface area (Å²) in [6, 6.07) is 7.77. The van der Waals surface area contributed by atoms with Gasteiger partial charge in [0.15, 0.2) is 0 Å². The first kappa shape index (κ1) is 17.7. The molecule has 0 saturated carbocycles. The van der Waals surface area contributed by atoms with Gasteiger partial charge in [0.25, 0.3) is 0 Å². The summed E-state index contributed by atoms with van der Waals surface area (Å²) in [5.41, 5.74) is 1.17. The zero-order chi connectivity index (χ0) is 16.0. The molecule has 2 rings (SSSR count). The lowest BCUT2D eigenvalue weighted by atomic mass is 10.2. The first-order valence-electron chi connectivity index (χ1n) is 7.79. The smallest absolute Gasteiger partial charge is 0.148 e. The van der Waals surface area contributed by atoms with Gasteiger partial charge in [0, 0.05) is 37.5 Å². The van der Waals surface area contributed by atoms with E-state index < -0.39 is 9.84 Å². The maximum Gasteiger partial charge on any atom is 0.148 e. The van der Waals surface area contributed by atoms with Crippen molar-refractivity contribution in [3.8, 4) is 0 Å². The van der Waals surface area contributed by atoms with Gasteiger partial charge in [-0.1, -0.05) is 23.7 Å². The Balaban J connectivity index is 1.91. The molecule has 0 N–H and O–H groups in total. The molecule has 0 unspecified atom stereocenters. The summed E-state index contributed by atoms with van der Waals surface area (Å²) in [6.07, 6.45) is 3.86. The molecule has 0 radical (unpaired) electrons. The molecule has 0 bridgehead atoms. The van der Waals surface area contributed by atoms with Crippen LogP contribution >= 0.6 is 11.6 Å². The summed E-state index contributed by atoms with van der Waals surface area (Å²) in [6.45, 7) is 5.59. The van der Waals surface area contributed by atoms with Crippen LogP contribution in [0.3, 0.4) is 0 Å². The number of benzene rings is 1. The van der Waals surface area contributed by atoms with Crippen molar-refractivity contribution in [1.29, 1.82) is 0 Å². The minimum Gasteiger partial charge on any atom is -0.302 e. The number of hydrogen-bond acceptors (Lipinski definition) is 4. The Morgan fingerprint density at radius 1 is 1.14 bits per heavy atom. The number of nitrogens with zero attached hydrogens (tertiary/aromatic N) is 2. The van der Waals surface area contributed by atoms with Crippen molar-refractivity contribution in [2.24, 2.45) is 0 Å². The fourth-order valence-electron chi connectivity index (χ4n) is 2.70. The average molecular weight is 345 g/mol. The predicted octanol–water partition coefficient (Wildman–Crippen LogP) is 2.28. The largest absolute Gasteiger partial charge is 0.302 e. The lowest BCUT2D eigenvalue weighted by Crippen LogP contribution is -2.36. The molecule has 0 spiro atoms. The summed E-state index contributed by atoms with van der Waals surface area (Å²) in [5.74, 6) is 0.209. The molecular weight excluding hydrogens is 320 g/mol. The maximum atomic E-state index is 11.4. The molecule has 0 aromatic heterocycles. The van der Waals surface area contributed by atoms with E-state index in [9.17, 15) is 8.42 Å². The minimum atomic E-state index is -2.93. The summed E-state index contributed by atoms with van der Waals surface area (Å²) in [7, 11) is -2.93. The Labute approximate surface area is 139 Å². The van der Waals surface area contributed by atoms with Crippen LogP contribution in [-0.4, -0.2) is 63.0 Å². The van der Waals surface area contributed by atoms with Gasteiger partial charge in [-0.2, -0.15) is 0 Å². The molecule has 1 heterocycles. The predicted molar refractivity (Wildman–Crippen MR) is 92.1 cm³/mol. The zero-order valence-electron chi connectivity index (χ0n) is 13.2. The fraction of sp³-hybridized carbons (Fsp3) is 0.625. The lowest BCUT2D eigenvalue weighted by molar-refractivity contribution is 0.227. The van der Waals surface area contributed by atoms with Crippen molar-refractivity contribution in [2.75, 3.05) is 44.7 Å². The van der Waals surface area contributed by atoms with E-state index in [1.54, 1.807) is 0 Å². The minimum absolute atomic E-state index is 0.209. The molecule has 0 amide bonds. The maximum absolute atomic E-state index is 11.4. The Morgan fingerprint density at radius 3 is 2.36 bits per heavy atom. The van der Waals surface area contributed by atoms with Gasteiger partial charge in [-0.3, -0.25) is 4.90 Å². The van der Waals surface area contributed by atoms with Crippen LogP contribution in [0.15, 0.2) is 24.3 Å². The molecule has 1 aliphatic heterocycles. The van der Waals surface area contributed by atoms with E-state index in [1.807, 2.05) is 24.3 Å². The van der Waals surface area contributed by atoms with Crippen LogP contribution in [0.25, 0.3) is 0 Å². The van der Waals surface area contributed by atoms with Gasteiger partial charge < -0.3 is 4.90 Å². The molecule has 4 nitrogen and oxygen atoms in total. The summed E-state index contributed by atoms with van der Waals surface area (Å²) in [4.78, 5) is 4.68. The number of hydrogen-bond donors (Lipinski definition) is 0. The average Bonchev–Trinajstić information content (AvgIpc) is 2.96. The standard InChI is InChI=1S/C16H25ClN2O2S/c1-22(20,21)13-12-19(11-10-18-8-2-3-9-18)14-15-4-6-16(17)7-5-15/h4-7H,2-3,8-14H2,1H3. The van der Waals surface area contributed by atoms with Crippen molar-refractivity contribution in [3.05, 3.63) is 34.9 Å². The highest BCUT2D eigenvalue weighted by molar-refractivity contribution is 7.90. The second-order valence-electron chi connectivity index (χ2n) is 6.08. The molecule has 1 saturated heterocycles. The molecule has 124 valence electrons. The molecule has 0 aliphatic carbocycles. The molecule has 1 fully saturated rings. The Bertz CT molecular complexity index is 554. The van der Waals surface area contributed by atoms with Gasteiger partial charge in [0.1, 0.15) is 9.84 Å². The zero-order valence-corrected chi connectivity index (χ0v) is 14.7. The summed E-state index contributed by atoms with van der Waals surface area (Å²) < 4.78 is 22.9. The monoisotopic (exact) mass is 344 g/mol. The third-order valence-electron chi connectivity index (χ3n) is 4.03. The molecular formula is C16H25ClN2O2S. The molecule has 0 atom stereocenters. The van der Waals surface area contributed by atoms with Gasteiger partial charge >= 0.3 is 0 Å². The Morgan fingerprint density at radius 2 is 1.77 bits per heavy atom. The summed E-state index contributed by atoms with van der Waals surface area (Å²) >= 11 is 5.92. The Hall–Kier alpha value is -0.620. The van der Waals surface area contributed by atoms with Crippen LogP contribution in [0.2, 0.25) is 5.02 Å². The van der Waals surface area contributed by atoms with Gasteiger partial charge in [0.05, 0.1) is 5.75 Å². The van der Waals surface area contributed by atoms with Gasteiger partial charge in [-0.05, 0) is 43.6 Å². The number of sulfone groups is 1. The van der Waals surface area contributed by atoms with E-state index in [4.69, 9.17) is 11.6 Å². The third kappa shape index (κ3) is 6.65. The van der Waals surface area contributed by atoms with Gasteiger partial charge in [-0.15, -0.1) is 0 Å². The van der Waals surface area contributed by atoms with Gasteiger partial charge in [0.2, 0.25) is 0 Å².